The zero-order chi connectivity index (χ0) is 18.2. The van der Waals surface area contributed by atoms with Gasteiger partial charge < -0.3 is 20.5 Å². The Morgan fingerprint density at radius 2 is 2.04 bits per heavy atom. The number of hydrogen-bond donors (Lipinski definition) is 3. The molecule has 0 saturated heterocycles. The van der Waals surface area contributed by atoms with Gasteiger partial charge in [0.25, 0.3) is 5.91 Å². The quantitative estimate of drug-likeness (QED) is 0.721. The Hall–Kier alpha value is -2.83. The van der Waals surface area contributed by atoms with Gasteiger partial charge in [-0.3, -0.25) is 4.79 Å². The molecule has 0 fully saturated rings. The van der Waals surface area contributed by atoms with Crippen molar-refractivity contribution in [3.63, 3.8) is 0 Å². The van der Waals surface area contributed by atoms with Crippen molar-refractivity contribution in [2.75, 3.05) is 18.4 Å². The molecule has 1 aromatic heterocycles. The number of benzene rings is 1. The third kappa shape index (κ3) is 5.95. The van der Waals surface area contributed by atoms with Gasteiger partial charge >= 0.3 is 6.03 Å². The highest BCUT2D eigenvalue weighted by Gasteiger charge is 2.09. The van der Waals surface area contributed by atoms with E-state index >= 15 is 0 Å². The smallest absolute Gasteiger partial charge is 0.319 e. The molecule has 0 radical (unpaired) electrons. The first-order valence-electron chi connectivity index (χ1n) is 8.35. The SMILES string of the molecule is Cc1cc(C(=O)NCC(C)C)ccc1NC(=O)NCCn1ccnc1. The van der Waals surface area contributed by atoms with E-state index in [1.807, 2.05) is 31.5 Å². The average Bonchev–Trinajstić information content (AvgIpc) is 3.07. The second-order valence-corrected chi connectivity index (χ2v) is 6.31. The lowest BCUT2D eigenvalue weighted by Crippen LogP contribution is -2.31. The minimum absolute atomic E-state index is 0.104. The summed E-state index contributed by atoms with van der Waals surface area (Å²) in [7, 11) is 0. The van der Waals surface area contributed by atoms with Crippen LogP contribution in [0.15, 0.2) is 36.9 Å². The van der Waals surface area contributed by atoms with Crippen LogP contribution in [0, 0.1) is 12.8 Å². The summed E-state index contributed by atoms with van der Waals surface area (Å²) in [5, 5.41) is 8.47. The summed E-state index contributed by atoms with van der Waals surface area (Å²) < 4.78 is 1.89. The first-order chi connectivity index (χ1) is 12.0. The molecule has 1 aromatic carbocycles. The van der Waals surface area contributed by atoms with E-state index in [2.05, 4.69) is 20.9 Å². The lowest BCUT2D eigenvalue weighted by Gasteiger charge is -2.12. The molecule has 2 rings (SSSR count). The van der Waals surface area contributed by atoms with Crippen LogP contribution in [0.3, 0.4) is 0 Å². The van der Waals surface area contributed by atoms with E-state index in [0.717, 1.165) is 5.56 Å². The molecule has 0 aliphatic rings. The van der Waals surface area contributed by atoms with E-state index in [9.17, 15) is 9.59 Å². The number of nitrogens with one attached hydrogen (secondary N) is 3. The molecular formula is C18H25N5O2. The van der Waals surface area contributed by atoms with Crippen molar-refractivity contribution in [1.82, 2.24) is 20.2 Å². The fourth-order valence-corrected chi connectivity index (χ4v) is 2.23. The van der Waals surface area contributed by atoms with Crippen molar-refractivity contribution in [2.45, 2.75) is 27.3 Å². The molecule has 0 unspecified atom stereocenters. The standard InChI is InChI=1S/C18H25N5O2/c1-13(2)11-21-17(24)15-4-5-16(14(3)10-15)22-18(25)20-7-9-23-8-6-19-12-23/h4-6,8,10,12-13H,7,9,11H2,1-3H3,(H,21,24)(H2,20,22,25). The minimum Gasteiger partial charge on any atom is -0.352 e. The van der Waals surface area contributed by atoms with Crippen molar-refractivity contribution < 1.29 is 9.59 Å². The molecule has 0 bridgehead atoms. The summed E-state index contributed by atoms with van der Waals surface area (Å²) in [5.41, 5.74) is 2.10. The van der Waals surface area contributed by atoms with Gasteiger partial charge in [-0.05, 0) is 36.6 Å². The van der Waals surface area contributed by atoms with E-state index in [1.165, 1.54) is 0 Å². The van der Waals surface area contributed by atoms with Crippen LogP contribution >= 0.6 is 0 Å². The maximum atomic E-state index is 12.1. The maximum Gasteiger partial charge on any atom is 0.319 e. The minimum atomic E-state index is -0.278. The Bertz CT molecular complexity index is 710. The van der Waals surface area contributed by atoms with Crippen LogP contribution < -0.4 is 16.0 Å². The Morgan fingerprint density at radius 3 is 2.68 bits per heavy atom. The van der Waals surface area contributed by atoms with Crippen molar-refractivity contribution in [3.8, 4) is 0 Å². The normalized spacial score (nSPS) is 10.6. The maximum absolute atomic E-state index is 12.1. The monoisotopic (exact) mass is 343 g/mol. The second kappa shape index (κ2) is 8.86. The van der Waals surface area contributed by atoms with Crippen LogP contribution in [0.2, 0.25) is 0 Å². The van der Waals surface area contributed by atoms with Gasteiger partial charge in [0.05, 0.1) is 6.33 Å². The van der Waals surface area contributed by atoms with Gasteiger partial charge in [0.1, 0.15) is 0 Å². The highest BCUT2D eigenvalue weighted by Crippen LogP contribution is 2.16. The van der Waals surface area contributed by atoms with Gasteiger partial charge in [0.15, 0.2) is 0 Å². The highest BCUT2D eigenvalue weighted by atomic mass is 16.2. The van der Waals surface area contributed by atoms with Gasteiger partial charge in [-0.25, -0.2) is 9.78 Å². The molecule has 0 saturated carbocycles. The van der Waals surface area contributed by atoms with Crippen LogP contribution in [0.4, 0.5) is 10.5 Å². The van der Waals surface area contributed by atoms with Crippen molar-refractivity contribution in [1.29, 1.82) is 0 Å². The number of urea groups is 1. The predicted octanol–water partition coefficient (Wildman–Crippen LogP) is 2.40. The Balaban J connectivity index is 1.85. The molecule has 2 aromatic rings. The summed E-state index contributed by atoms with van der Waals surface area (Å²) in [6, 6.07) is 4.95. The molecule has 7 nitrogen and oxygen atoms in total. The number of carbonyl (C=O) groups excluding carboxylic acids is 2. The molecule has 7 heteroatoms. The number of nitrogens with zero attached hydrogens (tertiary/aromatic N) is 2. The van der Waals surface area contributed by atoms with Gasteiger partial charge in [0, 0.05) is 43.3 Å². The van der Waals surface area contributed by atoms with Crippen LogP contribution in [-0.4, -0.2) is 34.6 Å². The number of rotatable bonds is 7. The lowest BCUT2D eigenvalue weighted by atomic mass is 10.1. The summed E-state index contributed by atoms with van der Waals surface area (Å²) >= 11 is 0. The van der Waals surface area contributed by atoms with Crippen molar-refractivity contribution in [2.24, 2.45) is 5.92 Å². The van der Waals surface area contributed by atoms with Crippen molar-refractivity contribution >= 4 is 17.6 Å². The van der Waals surface area contributed by atoms with Gasteiger partial charge in [-0.1, -0.05) is 13.8 Å². The van der Waals surface area contributed by atoms with Crippen LogP contribution in [0.25, 0.3) is 0 Å². The van der Waals surface area contributed by atoms with E-state index < -0.39 is 0 Å². The summed E-state index contributed by atoms with van der Waals surface area (Å²) in [6.45, 7) is 7.74. The second-order valence-electron chi connectivity index (χ2n) is 6.31. The summed E-state index contributed by atoms with van der Waals surface area (Å²) in [4.78, 5) is 28.0. The van der Waals surface area contributed by atoms with E-state index in [4.69, 9.17) is 0 Å². The molecule has 0 spiro atoms. The molecule has 0 atom stereocenters. The van der Waals surface area contributed by atoms with Gasteiger partial charge in [-0.2, -0.15) is 0 Å². The number of aryl methyl sites for hydroxylation is 1. The topological polar surface area (TPSA) is 88.0 Å². The van der Waals surface area contributed by atoms with Crippen LogP contribution in [0.1, 0.15) is 29.8 Å². The Morgan fingerprint density at radius 1 is 1.24 bits per heavy atom. The number of aromatic nitrogens is 2. The lowest BCUT2D eigenvalue weighted by molar-refractivity contribution is 0.0949. The molecule has 3 amide bonds. The number of amides is 3. The van der Waals surface area contributed by atoms with E-state index in [-0.39, 0.29) is 11.9 Å². The fraction of sp³-hybridized carbons (Fsp3) is 0.389. The zero-order valence-electron chi connectivity index (χ0n) is 14.9. The fourth-order valence-electron chi connectivity index (χ4n) is 2.23. The molecular weight excluding hydrogens is 318 g/mol. The van der Waals surface area contributed by atoms with Crippen LogP contribution in [-0.2, 0) is 6.54 Å². The first kappa shape index (κ1) is 18.5. The summed E-state index contributed by atoms with van der Waals surface area (Å²) in [5.74, 6) is 0.296. The first-order valence-corrected chi connectivity index (χ1v) is 8.35. The summed E-state index contributed by atoms with van der Waals surface area (Å²) in [6.07, 6.45) is 5.24. The molecule has 0 aliphatic carbocycles. The average molecular weight is 343 g/mol. The van der Waals surface area contributed by atoms with E-state index in [0.29, 0.717) is 36.8 Å². The number of hydrogen-bond acceptors (Lipinski definition) is 3. The molecule has 134 valence electrons. The van der Waals surface area contributed by atoms with Crippen molar-refractivity contribution in [3.05, 3.63) is 48.0 Å². The third-order valence-corrected chi connectivity index (χ3v) is 3.62. The molecule has 3 N–H and O–H groups in total. The number of anilines is 1. The van der Waals surface area contributed by atoms with Crippen LogP contribution in [0.5, 0.6) is 0 Å². The van der Waals surface area contributed by atoms with Gasteiger partial charge in [-0.15, -0.1) is 0 Å². The Kier molecular flexibility index (Phi) is 6.56. The largest absolute Gasteiger partial charge is 0.352 e. The van der Waals surface area contributed by atoms with E-state index in [1.54, 1.807) is 30.7 Å². The number of carbonyl (C=O) groups is 2. The van der Waals surface area contributed by atoms with Gasteiger partial charge in [0.2, 0.25) is 0 Å². The third-order valence-electron chi connectivity index (χ3n) is 3.62. The Labute approximate surface area is 147 Å². The highest BCUT2D eigenvalue weighted by molar-refractivity contribution is 5.96. The molecule has 25 heavy (non-hydrogen) atoms. The predicted molar refractivity (Wildman–Crippen MR) is 97.6 cm³/mol. The molecule has 0 aliphatic heterocycles. The number of imidazole rings is 1. The zero-order valence-corrected chi connectivity index (χ0v) is 14.9. The molecule has 1 heterocycles.